The van der Waals surface area contributed by atoms with Crippen LogP contribution in [-0.2, 0) is 76.8 Å². The highest BCUT2D eigenvalue weighted by atomic mass is 32.3. The number of aliphatic hydroxyl groups is 5. The first-order chi connectivity index (χ1) is 33.4. The molecule has 3 saturated heterocycles. The van der Waals surface area contributed by atoms with Gasteiger partial charge in [0.25, 0.3) is 11.8 Å². The highest BCUT2D eigenvalue weighted by Crippen LogP contribution is 2.41. The fraction of sp³-hybridized carbons (Fsp3) is 0.907. The lowest BCUT2D eigenvalue weighted by Gasteiger charge is -2.49. The first-order valence-corrected chi connectivity index (χ1v) is 26.9. The maximum Gasteiger partial charge on any atom is 0.398 e. The van der Waals surface area contributed by atoms with E-state index in [0.717, 1.165) is 45.6 Å². The van der Waals surface area contributed by atoms with E-state index in [1.54, 1.807) is 11.8 Å². The molecule has 0 bridgehead atoms. The van der Waals surface area contributed by atoms with Gasteiger partial charge in [-0.1, -0.05) is 45.4 Å². The van der Waals surface area contributed by atoms with Gasteiger partial charge in [0.15, 0.2) is 18.7 Å². The van der Waals surface area contributed by atoms with Crippen LogP contribution in [0, 0.1) is 17.8 Å². The van der Waals surface area contributed by atoms with Crippen LogP contribution in [-0.4, -0.2) is 212 Å². The Bertz CT molecular complexity index is 1980. The van der Waals surface area contributed by atoms with Crippen molar-refractivity contribution < 1.29 is 107 Å². The summed E-state index contributed by atoms with van der Waals surface area (Å²) in [7, 11) is -9.66. The van der Waals surface area contributed by atoms with Crippen molar-refractivity contribution in [2.24, 2.45) is 17.8 Å². The van der Waals surface area contributed by atoms with E-state index < -0.39 is 150 Å². The minimum Gasteiger partial charge on any atom is -0.394 e. The topological polar surface area (TPSA) is 379 Å². The van der Waals surface area contributed by atoms with Gasteiger partial charge in [0.1, 0.15) is 60.7 Å². The summed E-state index contributed by atoms with van der Waals surface area (Å²) in [6.07, 6.45) is -14.9. The van der Waals surface area contributed by atoms with Gasteiger partial charge in [-0.15, -0.1) is 0 Å². The molecule has 2 saturated carbocycles. The van der Waals surface area contributed by atoms with Gasteiger partial charge in [-0.2, -0.15) is 16.8 Å². The number of nitrogens with zero attached hydrogens (tertiary/aromatic N) is 1. The quantitative estimate of drug-likeness (QED) is 0.0354. The minimum atomic E-state index is -5.40. The lowest BCUT2D eigenvalue weighted by Crippen LogP contribution is -2.67. The molecule has 0 aromatic rings. The van der Waals surface area contributed by atoms with Crippen molar-refractivity contribution in [2.75, 3.05) is 40.0 Å². The molecule has 9 N–H and O–H groups in total. The van der Waals surface area contributed by atoms with E-state index in [1.165, 1.54) is 13.8 Å². The number of likely N-dealkylation sites (tertiary alicyclic amines) is 1. The number of methoxy groups -OCH3 is 1. The minimum absolute atomic E-state index is 0.0835. The summed E-state index contributed by atoms with van der Waals surface area (Å²) in [5, 5.41) is 59.5. The average Bonchev–Trinajstić information content (AvgIpc) is 3.28. The third-order valence-corrected chi connectivity index (χ3v) is 14.8. The summed E-state index contributed by atoms with van der Waals surface area (Å²) in [6, 6.07) is -1.32. The molecule has 5 rings (SSSR count). The Kier molecular flexibility index (Phi) is 22.3. The number of nitrogens with one attached hydrogen (secondary N) is 2. The van der Waals surface area contributed by atoms with E-state index in [2.05, 4.69) is 19.0 Å². The fourth-order valence-electron chi connectivity index (χ4n) is 10.0. The number of hydrogen-bond donors (Lipinski definition) is 9. The highest BCUT2D eigenvalue weighted by Gasteiger charge is 2.53. The molecule has 0 aromatic carbocycles. The molecule has 0 radical (unpaired) electrons. The van der Waals surface area contributed by atoms with E-state index >= 15 is 0 Å². The third-order valence-electron chi connectivity index (χ3n) is 13.9. The molecule has 2 aliphatic carbocycles. The molecule has 26 nitrogen and oxygen atoms in total. The van der Waals surface area contributed by atoms with Crippen molar-refractivity contribution in [2.45, 2.75) is 190 Å². The second-order valence-corrected chi connectivity index (χ2v) is 21.2. The molecule has 71 heavy (non-hydrogen) atoms. The Hall–Kier alpha value is -2.62. The number of hydrogen-bond acceptors (Lipinski definition) is 21. The molecule has 17 atom stereocenters. The molecule has 6 unspecified atom stereocenters. The van der Waals surface area contributed by atoms with Crippen molar-refractivity contribution >= 4 is 44.3 Å². The van der Waals surface area contributed by atoms with Crippen LogP contribution in [0.25, 0.3) is 0 Å². The number of rotatable bonds is 25. The maximum absolute atomic E-state index is 14.1. The molecular formula is C43H73N3O23S2. The fourth-order valence-corrected chi connectivity index (χ4v) is 11.0. The molecule has 3 amide bonds. The first kappa shape index (κ1) is 59.3. The van der Waals surface area contributed by atoms with Gasteiger partial charge in [-0.05, 0) is 50.9 Å². The highest BCUT2D eigenvalue weighted by molar-refractivity contribution is 7.81. The van der Waals surface area contributed by atoms with E-state index in [-0.39, 0.29) is 49.8 Å². The van der Waals surface area contributed by atoms with Gasteiger partial charge >= 0.3 is 20.8 Å². The number of ether oxygens (including phenoxy) is 6. The van der Waals surface area contributed by atoms with Gasteiger partial charge in [-0.3, -0.25) is 28.3 Å². The Morgan fingerprint density at radius 3 is 2.08 bits per heavy atom. The number of Topliss-reactive ketones (excluding diaryl/α,β-unsaturated/α-hetero) is 1. The van der Waals surface area contributed by atoms with Crippen LogP contribution in [0.1, 0.15) is 97.8 Å². The van der Waals surface area contributed by atoms with E-state index in [9.17, 15) is 70.7 Å². The summed E-state index contributed by atoms with van der Waals surface area (Å²) in [5.41, 5.74) is 0. The molecular weight excluding hydrogens is 991 g/mol. The van der Waals surface area contributed by atoms with E-state index in [1.807, 2.05) is 0 Å². The summed E-state index contributed by atoms with van der Waals surface area (Å²) in [6.45, 7) is 3.66. The lowest BCUT2D eigenvalue weighted by molar-refractivity contribution is -0.338. The molecule has 5 fully saturated rings. The van der Waals surface area contributed by atoms with Crippen molar-refractivity contribution in [1.29, 1.82) is 0 Å². The lowest BCUT2D eigenvalue weighted by atomic mass is 9.74. The zero-order chi connectivity index (χ0) is 52.4. The molecule has 0 aromatic heterocycles. The van der Waals surface area contributed by atoms with Crippen LogP contribution >= 0.6 is 0 Å². The van der Waals surface area contributed by atoms with Crippen LogP contribution in [0.2, 0.25) is 0 Å². The molecule has 0 spiro atoms. The standard InChI is InChI=1S/C43H73N3O23S2/c1-5-25-18-26(27(49)13-9-14-44-40(54)38(69-71(59,60)61)31(21-62-4)68-70(56,57)58)19-28(37(25)67-43-36(53)35(52)33(50)22(2)63-43)65-42-32(45-23(3)48)39(34(51)30(20-47)66-42)64-29(41(55)46-15-10-16-46)17-24-11-7-6-8-12-24/h22,24-26,28-39,42-43,47,50-53H,5-21H2,1-4H3,(H,44,54)(H,45,48)(H,56,57,58)(H,59,60,61)/t22?,25?,26?,28-,29+,30+,31+,32?,33-,34+,35+,36?,37-,38+,39?,42-,43+/m1/s1. The van der Waals surface area contributed by atoms with Gasteiger partial charge in [-0.25, -0.2) is 8.37 Å². The van der Waals surface area contributed by atoms with Crippen LogP contribution < -0.4 is 10.6 Å². The number of carbonyl (C=O) groups excluding carboxylic acids is 4. The van der Waals surface area contributed by atoms with Crippen LogP contribution in [0.3, 0.4) is 0 Å². The number of ketones is 1. The summed E-state index contributed by atoms with van der Waals surface area (Å²) in [5.74, 6) is -3.75. The number of carbonyl (C=O) groups is 4. The monoisotopic (exact) mass is 1060 g/mol. The summed E-state index contributed by atoms with van der Waals surface area (Å²) in [4.78, 5) is 55.8. The number of aliphatic hydroxyl groups excluding tert-OH is 5. The predicted octanol–water partition coefficient (Wildman–Crippen LogP) is -1.95. The Morgan fingerprint density at radius 1 is 0.831 bits per heavy atom. The van der Waals surface area contributed by atoms with Gasteiger partial charge < -0.3 is 69.5 Å². The van der Waals surface area contributed by atoms with Crippen LogP contribution in [0.4, 0.5) is 0 Å². The van der Waals surface area contributed by atoms with Crippen LogP contribution in [0.5, 0.6) is 0 Å². The van der Waals surface area contributed by atoms with Crippen molar-refractivity contribution in [3.63, 3.8) is 0 Å². The van der Waals surface area contributed by atoms with Crippen molar-refractivity contribution in [3.05, 3.63) is 0 Å². The molecule has 410 valence electrons. The summed E-state index contributed by atoms with van der Waals surface area (Å²) < 4.78 is 110. The molecule has 3 heterocycles. The first-order valence-electron chi connectivity index (χ1n) is 24.2. The van der Waals surface area contributed by atoms with E-state index in [0.29, 0.717) is 25.9 Å². The Labute approximate surface area is 413 Å². The third kappa shape index (κ3) is 16.7. The SMILES string of the molecule is CCC1CC(C(=O)CCCNC(=O)[C@@H](OS(=O)(=O)O)[C@H](COC)OS(=O)(=O)O)C[C@@H](O[C@@H]2O[C@@H](CO)[C@H](O)C(O[C@@H](CC3CCCCC3)C(=O)N3CCC3)C2NC(C)=O)[C@@H]1O[C@@H]1OC(C)[C@@H](O)[C@H](O)C1O. The van der Waals surface area contributed by atoms with Gasteiger partial charge in [0, 0.05) is 46.0 Å². The molecule has 5 aliphatic rings. The van der Waals surface area contributed by atoms with Crippen molar-refractivity contribution in [3.8, 4) is 0 Å². The van der Waals surface area contributed by atoms with E-state index in [4.69, 9.17) is 28.4 Å². The second-order valence-electron chi connectivity index (χ2n) is 19.1. The smallest absolute Gasteiger partial charge is 0.394 e. The Morgan fingerprint density at radius 2 is 1.51 bits per heavy atom. The van der Waals surface area contributed by atoms with Gasteiger partial charge in [0.05, 0.1) is 31.5 Å². The zero-order valence-corrected chi connectivity index (χ0v) is 42.0. The average molecular weight is 1060 g/mol. The zero-order valence-electron chi connectivity index (χ0n) is 40.3. The maximum atomic E-state index is 14.1. The second kappa shape index (κ2) is 26.7. The summed E-state index contributed by atoms with van der Waals surface area (Å²) >= 11 is 0. The molecule has 28 heteroatoms. The largest absolute Gasteiger partial charge is 0.398 e. The number of amides is 3. The van der Waals surface area contributed by atoms with Crippen LogP contribution in [0.15, 0.2) is 0 Å². The molecule has 3 aliphatic heterocycles. The normalized spacial score (nSPS) is 34.4. The van der Waals surface area contributed by atoms with Crippen molar-refractivity contribution in [1.82, 2.24) is 15.5 Å². The Balaban J connectivity index is 1.40. The van der Waals surface area contributed by atoms with Gasteiger partial charge in [0.2, 0.25) is 5.91 Å². The predicted molar refractivity (Wildman–Crippen MR) is 241 cm³/mol.